The average Bonchev–Trinajstić information content (AvgIpc) is 2.79. The normalized spacial score (nSPS) is 18.4. The topological polar surface area (TPSA) is 52.6 Å². The van der Waals surface area contributed by atoms with Gasteiger partial charge in [0.2, 0.25) is 0 Å². The SMILES string of the molecule is CCCCCCCCCCCCCCCCCOC(=O)CCC(=O)OC1CCCCC1C. The third-order valence-corrected chi connectivity index (χ3v) is 6.86. The molecule has 1 fully saturated rings. The summed E-state index contributed by atoms with van der Waals surface area (Å²) >= 11 is 0. The summed E-state index contributed by atoms with van der Waals surface area (Å²) in [4.78, 5) is 23.8. The van der Waals surface area contributed by atoms with E-state index in [1.807, 2.05) is 0 Å². The fraction of sp³-hybridized carbons (Fsp3) is 0.929. The Labute approximate surface area is 198 Å². The van der Waals surface area contributed by atoms with Gasteiger partial charge >= 0.3 is 11.9 Å². The highest BCUT2D eigenvalue weighted by atomic mass is 16.5. The van der Waals surface area contributed by atoms with Crippen LogP contribution in [0.3, 0.4) is 0 Å². The first kappa shape index (κ1) is 29.0. The van der Waals surface area contributed by atoms with Crippen LogP contribution in [0.15, 0.2) is 0 Å². The van der Waals surface area contributed by atoms with E-state index in [1.165, 1.54) is 89.9 Å². The lowest BCUT2D eigenvalue weighted by molar-refractivity contribution is -0.156. The summed E-state index contributed by atoms with van der Waals surface area (Å²) in [5, 5.41) is 0. The molecule has 2 unspecified atom stereocenters. The van der Waals surface area contributed by atoms with Crippen molar-refractivity contribution < 1.29 is 19.1 Å². The van der Waals surface area contributed by atoms with Gasteiger partial charge in [0.05, 0.1) is 19.4 Å². The Hall–Kier alpha value is -1.06. The monoisotopic (exact) mass is 452 g/mol. The predicted octanol–water partition coefficient (Wildman–Crippen LogP) is 8.30. The minimum Gasteiger partial charge on any atom is -0.466 e. The van der Waals surface area contributed by atoms with Crippen molar-refractivity contribution in [2.75, 3.05) is 6.61 Å². The molecular weight excluding hydrogens is 400 g/mol. The maximum Gasteiger partial charge on any atom is 0.306 e. The molecule has 4 nitrogen and oxygen atoms in total. The lowest BCUT2D eigenvalue weighted by atomic mass is 9.88. The Morgan fingerprint density at radius 2 is 1.12 bits per heavy atom. The largest absolute Gasteiger partial charge is 0.466 e. The fourth-order valence-corrected chi connectivity index (χ4v) is 4.62. The molecule has 0 amide bonds. The van der Waals surface area contributed by atoms with E-state index in [9.17, 15) is 9.59 Å². The van der Waals surface area contributed by atoms with E-state index in [0.29, 0.717) is 12.5 Å². The standard InChI is InChI=1S/C28H52O4/c1-3-4-5-6-7-8-9-10-11-12-13-14-15-16-19-24-31-27(29)22-23-28(30)32-26-21-18-17-20-25(26)2/h25-26H,3-24H2,1-2H3. The Morgan fingerprint density at radius 1 is 0.656 bits per heavy atom. The highest BCUT2D eigenvalue weighted by molar-refractivity contribution is 5.77. The minimum absolute atomic E-state index is 0.0348. The number of ether oxygens (including phenoxy) is 2. The Bertz CT molecular complexity index is 462. The second-order valence-corrected chi connectivity index (χ2v) is 9.96. The summed E-state index contributed by atoms with van der Waals surface area (Å²) in [6.45, 7) is 4.89. The van der Waals surface area contributed by atoms with E-state index < -0.39 is 0 Å². The average molecular weight is 453 g/mol. The summed E-state index contributed by atoms with van der Waals surface area (Å²) in [5.41, 5.74) is 0. The molecule has 0 heterocycles. The van der Waals surface area contributed by atoms with Crippen molar-refractivity contribution in [1.29, 1.82) is 0 Å². The Morgan fingerprint density at radius 3 is 1.66 bits per heavy atom. The molecule has 188 valence electrons. The zero-order valence-corrected chi connectivity index (χ0v) is 21.3. The molecule has 0 spiro atoms. The van der Waals surface area contributed by atoms with Gasteiger partial charge in [0.25, 0.3) is 0 Å². The molecule has 0 saturated heterocycles. The van der Waals surface area contributed by atoms with Gasteiger partial charge in [-0.3, -0.25) is 9.59 Å². The molecule has 1 aliphatic rings. The zero-order chi connectivity index (χ0) is 23.3. The first-order valence-electron chi connectivity index (χ1n) is 14.0. The number of hydrogen-bond donors (Lipinski definition) is 0. The number of unbranched alkanes of at least 4 members (excludes halogenated alkanes) is 14. The molecule has 0 aromatic heterocycles. The van der Waals surface area contributed by atoms with E-state index in [4.69, 9.17) is 9.47 Å². The maximum absolute atomic E-state index is 12.0. The lowest BCUT2D eigenvalue weighted by Gasteiger charge is -2.28. The third kappa shape index (κ3) is 16.6. The smallest absolute Gasteiger partial charge is 0.306 e. The second kappa shape index (κ2) is 20.5. The summed E-state index contributed by atoms with van der Waals surface area (Å²) in [7, 11) is 0. The van der Waals surface area contributed by atoms with Crippen molar-refractivity contribution in [3.05, 3.63) is 0 Å². The van der Waals surface area contributed by atoms with E-state index in [1.54, 1.807) is 0 Å². The van der Waals surface area contributed by atoms with Crippen LogP contribution in [0.4, 0.5) is 0 Å². The van der Waals surface area contributed by atoms with Gasteiger partial charge in [-0.2, -0.15) is 0 Å². The predicted molar refractivity (Wildman–Crippen MR) is 133 cm³/mol. The van der Waals surface area contributed by atoms with Crippen LogP contribution in [0.25, 0.3) is 0 Å². The van der Waals surface area contributed by atoms with Crippen LogP contribution >= 0.6 is 0 Å². The lowest BCUT2D eigenvalue weighted by Crippen LogP contribution is -2.28. The van der Waals surface area contributed by atoms with Crippen LogP contribution in [0, 0.1) is 5.92 Å². The Kier molecular flexibility index (Phi) is 18.6. The van der Waals surface area contributed by atoms with Gasteiger partial charge in [-0.05, 0) is 31.6 Å². The highest BCUT2D eigenvalue weighted by Crippen LogP contribution is 2.26. The molecule has 0 bridgehead atoms. The number of rotatable bonds is 20. The number of hydrogen-bond acceptors (Lipinski definition) is 4. The molecule has 2 atom stereocenters. The van der Waals surface area contributed by atoms with E-state index in [0.717, 1.165) is 32.1 Å². The van der Waals surface area contributed by atoms with Crippen molar-refractivity contribution >= 4 is 11.9 Å². The van der Waals surface area contributed by atoms with Crippen molar-refractivity contribution in [2.24, 2.45) is 5.92 Å². The molecular formula is C28H52O4. The Balaban J connectivity index is 1.81. The number of carbonyl (C=O) groups excluding carboxylic acids is 2. The number of esters is 2. The fourth-order valence-electron chi connectivity index (χ4n) is 4.62. The van der Waals surface area contributed by atoms with Gasteiger partial charge in [-0.1, -0.05) is 110 Å². The zero-order valence-electron chi connectivity index (χ0n) is 21.3. The van der Waals surface area contributed by atoms with Gasteiger partial charge in [-0.15, -0.1) is 0 Å². The molecule has 0 aromatic carbocycles. The summed E-state index contributed by atoms with van der Waals surface area (Å²) in [5.74, 6) is -0.0959. The molecule has 4 heteroatoms. The van der Waals surface area contributed by atoms with Crippen LogP contribution in [-0.2, 0) is 19.1 Å². The van der Waals surface area contributed by atoms with Crippen molar-refractivity contribution in [3.63, 3.8) is 0 Å². The van der Waals surface area contributed by atoms with Crippen LogP contribution in [0.2, 0.25) is 0 Å². The van der Waals surface area contributed by atoms with Crippen molar-refractivity contribution in [3.8, 4) is 0 Å². The van der Waals surface area contributed by atoms with Gasteiger partial charge in [0, 0.05) is 0 Å². The molecule has 0 aromatic rings. The first-order valence-corrected chi connectivity index (χ1v) is 14.0. The van der Waals surface area contributed by atoms with Crippen molar-refractivity contribution in [1.82, 2.24) is 0 Å². The number of carbonyl (C=O) groups is 2. The summed E-state index contributed by atoms with van der Waals surface area (Å²) in [6.07, 6.45) is 24.6. The van der Waals surface area contributed by atoms with Crippen LogP contribution in [-0.4, -0.2) is 24.6 Å². The summed E-state index contributed by atoms with van der Waals surface area (Å²) in [6, 6.07) is 0. The van der Waals surface area contributed by atoms with Gasteiger partial charge in [0.15, 0.2) is 0 Å². The second-order valence-electron chi connectivity index (χ2n) is 9.96. The molecule has 0 N–H and O–H groups in total. The van der Waals surface area contributed by atoms with Crippen LogP contribution in [0.5, 0.6) is 0 Å². The van der Waals surface area contributed by atoms with Crippen LogP contribution < -0.4 is 0 Å². The van der Waals surface area contributed by atoms with Gasteiger partial charge in [-0.25, -0.2) is 0 Å². The van der Waals surface area contributed by atoms with Crippen molar-refractivity contribution in [2.45, 2.75) is 155 Å². The first-order chi connectivity index (χ1) is 15.6. The maximum atomic E-state index is 12.0. The molecule has 1 saturated carbocycles. The third-order valence-electron chi connectivity index (χ3n) is 6.86. The molecule has 32 heavy (non-hydrogen) atoms. The van der Waals surface area contributed by atoms with E-state index >= 15 is 0 Å². The molecule has 1 rings (SSSR count). The van der Waals surface area contributed by atoms with Crippen LogP contribution in [0.1, 0.15) is 149 Å². The molecule has 0 radical (unpaired) electrons. The molecule has 0 aliphatic heterocycles. The minimum atomic E-state index is -0.274. The quantitative estimate of drug-likeness (QED) is 0.138. The molecule has 1 aliphatic carbocycles. The van der Waals surface area contributed by atoms with Gasteiger partial charge < -0.3 is 9.47 Å². The van der Waals surface area contributed by atoms with E-state index in [2.05, 4.69) is 13.8 Å². The summed E-state index contributed by atoms with van der Waals surface area (Å²) < 4.78 is 10.8. The highest BCUT2D eigenvalue weighted by Gasteiger charge is 2.24. The van der Waals surface area contributed by atoms with Gasteiger partial charge in [0.1, 0.15) is 6.10 Å². The van der Waals surface area contributed by atoms with E-state index in [-0.39, 0.29) is 30.9 Å².